The number of thiazole rings is 1. The molecule has 0 spiro atoms. The lowest BCUT2D eigenvalue weighted by atomic mass is 10.2. The predicted octanol–water partition coefficient (Wildman–Crippen LogP) is 4.62. The minimum atomic E-state index is -0.182. The van der Waals surface area contributed by atoms with Crippen molar-refractivity contribution >= 4 is 32.6 Å². The average Bonchev–Trinajstić information content (AvgIpc) is 3.20. The summed E-state index contributed by atoms with van der Waals surface area (Å²) in [6, 6.07) is 17.2. The lowest BCUT2D eigenvalue weighted by Crippen LogP contribution is -2.34. The summed E-state index contributed by atoms with van der Waals surface area (Å²) in [6.07, 6.45) is 3.45. The van der Waals surface area contributed by atoms with Gasteiger partial charge >= 0.3 is 0 Å². The molecule has 6 nitrogen and oxygen atoms in total. The molecule has 0 N–H and O–H groups in total. The van der Waals surface area contributed by atoms with E-state index in [1.807, 2.05) is 61.5 Å². The number of nitrogens with zero attached hydrogens (tertiary/aromatic N) is 3. The summed E-state index contributed by atoms with van der Waals surface area (Å²) in [6.45, 7) is 2.25. The fourth-order valence-corrected chi connectivity index (χ4v) is 4.06. The number of anilines is 1. The standard InChI is InChI=1S/C23H21N3O3S/c1-16-6-3-8-18(12-16)29-15-21(27)26(14-17-7-5-11-24-13-17)23-25-22-19(28-2)9-4-10-20(22)30-23/h3-13H,14-15H2,1-2H3. The number of para-hydroxylation sites is 1. The minimum Gasteiger partial charge on any atom is -0.494 e. The Morgan fingerprint density at radius 2 is 2.00 bits per heavy atom. The number of fused-ring (bicyclic) bond motifs is 1. The highest BCUT2D eigenvalue weighted by Gasteiger charge is 2.22. The molecule has 7 heteroatoms. The second-order valence-corrected chi connectivity index (χ2v) is 7.76. The molecule has 0 atom stereocenters. The quantitative estimate of drug-likeness (QED) is 0.437. The van der Waals surface area contributed by atoms with Crippen molar-refractivity contribution in [1.82, 2.24) is 9.97 Å². The Morgan fingerprint density at radius 3 is 2.77 bits per heavy atom. The molecule has 0 unspecified atom stereocenters. The van der Waals surface area contributed by atoms with Crippen molar-refractivity contribution in [3.63, 3.8) is 0 Å². The van der Waals surface area contributed by atoms with E-state index in [0.717, 1.165) is 21.3 Å². The topological polar surface area (TPSA) is 64.5 Å². The van der Waals surface area contributed by atoms with Gasteiger partial charge in [0.25, 0.3) is 5.91 Å². The number of amides is 1. The number of aromatic nitrogens is 2. The number of rotatable bonds is 7. The second kappa shape index (κ2) is 8.92. The van der Waals surface area contributed by atoms with Crippen LogP contribution in [0.4, 0.5) is 5.13 Å². The average molecular weight is 420 g/mol. The Labute approximate surface area is 178 Å². The van der Waals surface area contributed by atoms with Crippen LogP contribution in [0, 0.1) is 6.92 Å². The molecule has 4 aromatic rings. The normalized spacial score (nSPS) is 10.7. The van der Waals surface area contributed by atoms with Gasteiger partial charge in [0.05, 0.1) is 18.4 Å². The van der Waals surface area contributed by atoms with E-state index < -0.39 is 0 Å². The molecule has 0 radical (unpaired) electrons. The molecule has 0 saturated carbocycles. The smallest absolute Gasteiger partial charge is 0.267 e. The summed E-state index contributed by atoms with van der Waals surface area (Å²) in [5.41, 5.74) is 2.72. The van der Waals surface area contributed by atoms with E-state index in [1.165, 1.54) is 11.3 Å². The Kier molecular flexibility index (Phi) is 5.90. The highest BCUT2D eigenvalue weighted by Crippen LogP contribution is 2.34. The largest absolute Gasteiger partial charge is 0.494 e. The van der Waals surface area contributed by atoms with Crippen molar-refractivity contribution in [2.45, 2.75) is 13.5 Å². The third-order valence-corrected chi connectivity index (χ3v) is 5.58. The first kappa shape index (κ1) is 19.8. The number of hydrogen-bond donors (Lipinski definition) is 0. The SMILES string of the molecule is COc1cccc2sc(N(Cc3cccnc3)C(=O)COc3cccc(C)c3)nc12. The monoisotopic (exact) mass is 419 g/mol. The van der Waals surface area contributed by atoms with Gasteiger partial charge in [-0.15, -0.1) is 0 Å². The number of pyridine rings is 1. The Balaban J connectivity index is 1.63. The predicted molar refractivity (Wildman–Crippen MR) is 118 cm³/mol. The number of hydrogen-bond acceptors (Lipinski definition) is 6. The van der Waals surface area contributed by atoms with Crippen LogP contribution in [0.2, 0.25) is 0 Å². The first-order valence-electron chi connectivity index (χ1n) is 9.46. The maximum Gasteiger partial charge on any atom is 0.267 e. The van der Waals surface area contributed by atoms with E-state index in [1.54, 1.807) is 24.4 Å². The van der Waals surface area contributed by atoms with Crippen LogP contribution in [0.5, 0.6) is 11.5 Å². The van der Waals surface area contributed by atoms with E-state index >= 15 is 0 Å². The minimum absolute atomic E-state index is 0.0865. The zero-order chi connectivity index (χ0) is 20.9. The van der Waals surface area contributed by atoms with Crippen LogP contribution in [0.1, 0.15) is 11.1 Å². The molecule has 0 saturated heterocycles. The van der Waals surface area contributed by atoms with Gasteiger partial charge in [-0.3, -0.25) is 14.7 Å². The van der Waals surface area contributed by atoms with E-state index in [9.17, 15) is 4.79 Å². The van der Waals surface area contributed by atoms with Gasteiger partial charge in [-0.05, 0) is 48.4 Å². The van der Waals surface area contributed by atoms with Gasteiger partial charge < -0.3 is 9.47 Å². The molecule has 2 aromatic carbocycles. The van der Waals surface area contributed by atoms with Crippen molar-refractivity contribution in [3.05, 3.63) is 78.1 Å². The first-order chi connectivity index (χ1) is 14.6. The van der Waals surface area contributed by atoms with E-state index in [-0.39, 0.29) is 12.5 Å². The highest BCUT2D eigenvalue weighted by atomic mass is 32.1. The third kappa shape index (κ3) is 4.41. The molecule has 0 fully saturated rings. The maximum atomic E-state index is 13.2. The molecule has 2 heterocycles. The lowest BCUT2D eigenvalue weighted by molar-refractivity contribution is -0.120. The summed E-state index contributed by atoms with van der Waals surface area (Å²) >= 11 is 1.44. The van der Waals surface area contributed by atoms with Crippen molar-refractivity contribution in [3.8, 4) is 11.5 Å². The fraction of sp³-hybridized carbons (Fsp3) is 0.174. The number of carbonyl (C=O) groups excluding carboxylic acids is 1. The molecule has 0 aliphatic rings. The van der Waals surface area contributed by atoms with Crippen LogP contribution >= 0.6 is 11.3 Å². The Hall–Kier alpha value is -3.45. The van der Waals surface area contributed by atoms with Crippen LogP contribution in [-0.4, -0.2) is 29.6 Å². The summed E-state index contributed by atoms with van der Waals surface area (Å²) in [5, 5.41) is 0.594. The molecular formula is C23H21N3O3S. The number of benzene rings is 2. The molecule has 30 heavy (non-hydrogen) atoms. The van der Waals surface area contributed by atoms with Gasteiger partial charge in [-0.2, -0.15) is 0 Å². The molecule has 2 aromatic heterocycles. The molecular weight excluding hydrogens is 398 g/mol. The number of methoxy groups -OCH3 is 1. The molecule has 4 rings (SSSR count). The van der Waals surface area contributed by atoms with E-state index in [2.05, 4.69) is 4.98 Å². The van der Waals surface area contributed by atoms with Gasteiger partial charge in [0.2, 0.25) is 0 Å². The van der Waals surface area contributed by atoms with Gasteiger partial charge in [-0.1, -0.05) is 35.6 Å². The highest BCUT2D eigenvalue weighted by molar-refractivity contribution is 7.22. The van der Waals surface area contributed by atoms with E-state index in [0.29, 0.717) is 23.2 Å². The summed E-state index contributed by atoms with van der Waals surface area (Å²) in [5.74, 6) is 1.16. The van der Waals surface area contributed by atoms with Crippen molar-refractivity contribution < 1.29 is 14.3 Å². The molecule has 1 amide bonds. The first-order valence-corrected chi connectivity index (χ1v) is 10.3. The molecule has 0 aliphatic carbocycles. The second-order valence-electron chi connectivity index (χ2n) is 6.75. The van der Waals surface area contributed by atoms with Crippen LogP contribution in [0.15, 0.2) is 67.0 Å². The zero-order valence-corrected chi connectivity index (χ0v) is 17.6. The van der Waals surface area contributed by atoms with Crippen LogP contribution in [-0.2, 0) is 11.3 Å². The fourth-order valence-electron chi connectivity index (χ4n) is 3.06. The summed E-state index contributed by atoms with van der Waals surface area (Å²) in [7, 11) is 1.61. The Morgan fingerprint density at radius 1 is 1.13 bits per heavy atom. The van der Waals surface area contributed by atoms with Crippen LogP contribution in [0.3, 0.4) is 0 Å². The zero-order valence-electron chi connectivity index (χ0n) is 16.7. The van der Waals surface area contributed by atoms with Gasteiger partial charge in [0.15, 0.2) is 11.7 Å². The number of ether oxygens (including phenoxy) is 2. The maximum absolute atomic E-state index is 13.2. The van der Waals surface area contributed by atoms with Crippen LogP contribution in [0.25, 0.3) is 10.2 Å². The van der Waals surface area contributed by atoms with Crippen molar-refractivity contribution in [2.24, 2.45) is 0 Å². The van der Waals surface area contributed by atoms with Crippen molar-refractivity contribution in [1.29, 1.82) is 0 Å². The lowest BCUT2D eigenvalue weighted by Gasteiger charge is -2.20. The third-order valence-electron chi connectivity index (χ3n) is 4.54. The molecule has 0 bridgehead atoms. The molecule has 152 valence electrons. The molecule has 0 aliphatic heterocycles. The van der Waals surface area contributed by atoms with Gasteiger partial charge in [-0.25, -0.2) is 4.98 Å². The number of aryl methyl sites for hydroxylation is 1. The summed E-state index contributed by atoms with van der Waals surface area (Å²) < 4.78 is 12.1. The Bertz CT molecular complexity index is 1160. The van der Waals surface area contributed by atoms with Gasteiger partial charge in [0, 0.05) is 12.4 Å². The van der Waals surface area contributed by atoms with E-state index in [4.69, 9.17) is 14.5 Å². The summed E-state index contributed by atoms with van der Waals surface area (Å²) in [4.78, 5) is 23.6. The van der Waals surface area contributed by atoms with Crippen LogP contribution < -0.4 is 14.4 Å². The van der Waals surface area contributed by atoms with Crippen molar-refractivity contribution in [2.75, 3.05) is 18.6 Å². The number of carbonyl (C=O) groups is 1. The van der Waals surface area contributed by atoms with Gasteiger partial charge in [0.1, 0.15) is 17.0 Å².